The molecule has 0 radical (unpaired) electrons. The fourth-order valence-corrected chi connectivity index (χ4v) is 4.13. The molecule has 0 atom stereocenters. The number of halogens is 2. The molecule has 1 heterocycles. The molecule has 0 aromatic heterocycles. The van der Waals surface area contributed by atoms with Crippen LogP contribution >= 0.6 is 27.7 Å². The lowest BCUT2D eigenvalue weighted by atomic mass is 10.1. The molecule has 1 aliphatic heterocycles. The smallest absolute Gasteiger partial charge is 0.293 e. The van der Waals surface area contributed by atoms with Crippen LogP contribution in [0.15, 0.2) is 45.8 Å². The second-order valence-electron chi connectivity index (χ2n) is 5.84. The summed E-state index contributed by atoms with van der Waals surface area (Å²) in [6.45, 7) is 2.12. The Bertz CT molecular complexity index is 963. The van der Waals surface area contributed by atoms with Gasteiger partial charge < -0.3 is 9.47 Å². The number of thioether (sulfide) groups is 1. The molecule has 8 heteroatoms. The van der Waals surface area contributed by atoms with E-state index in [2.05, 4.69) is 15.9 Å². The molecule has 2 aromatic rings. The van der Waals surface area contributed by atoms with Crippen molar-refractivity contribution >= 4 is 44.9 Å². The van der Waals surface area contributed by atoms with E-state index in [-0.39, 0.29) is 23.6 Å². The Morgan fingerprint density at radius 1 is 1.25 bits per heavy atom. The summed E-state index contributed by atoms with van der Waals surface area (Å²) in [4.78, 5) is 25.6. The largest absolute Gasteiger partial charge is 0.493 e. The first kappa shape index (κ1) is 20.4. The van der Waals surface area contributed by atoms with Gasteiger partial charge in [0.15, 0.2) is 11.5 Å². The maximum Gasteiger partial charge on any atom is 0.293 e. The van der Waals surface area contributed by atoms with Crippen LogP contribution in [0.5, 0.6) is 11.5 Å². The van der Waals surface area contributed by atoms with Gasteiger partial charge in [-0.25, -0.2) is 4.39 Å². The lowest BCUT2D eigenvalue weighted by molar-refractivity contribution is -0.122. The Morgan fingerprint density at radius 2 is 2.00 bits per heavy atom. The van der Waals surface area contributed by atoms with E-state index in [0.717, 1.165) is 11.8 Å². The first-order chi connectivity index (χ1) is 13.4. The van der Waals surface area contributed by atoms with Crippen molar-refractivity contribution in [3.05, 3.63) is 62.7 Å². The van der Waals surface area contributed by atoms with Crippen molar-refractivity contribution in [3.8, 4) is 11.5 Å². The molecule has 0 saturated carbocycles. The Balaban J connectivity index is 1.86. The molecule has 28 heavy (non-hydrogen) atoms. The highest BCUT2D eigenvalue weighted by atomic mass is 79.9. The number of nitrogens with zero attached hydrogens (tertiary/aromatic N) is 1. The number of methoxy groups -OCH3 is 1. The lowest BCUT2D eigenvalue weighted by Crippen LogP contribution is -2.27. The quantitative estimate of drug-likeness (QED) is 0.546. The number of hydrogen-bond acceptors (Lipinski definition) is 5. The summed E-state index contributed by atoms with van der Waals surface area (Å²) >= 11 is 4.34. The summed E-state index contributed by atoms with van der Waals surface area (Å²) in [6, 6.07) is 9.82. The normalized spacial score (nSPS) is 15.4. The minimum absolute atomic E-state index is 0.0381. The number of carbonyl (C=O) groups is 2. The molecule has 1 fully saturated rings. The Labute approximate surface area is 174 Å². The zero-order valence-electron chi connectivity index (χ0n) is 15.2. The van der Waals surface area contributed by atoms with E-state index in [9.17, 15) is 14.0 Å². The maximum atomic E-state index is 13.8. The molecule has 2 aromatic carbocycles. The van der Waals surface area contributed by atoms with Crippen LogP contribution in [0.1, 0.15) is 18.1 Å². The highest BCUT2D eigenvalue weighted by Gasteiger charge is 2.33. The molecule has 0 unspecified atom stereocenters. The van der Waals surface area contributed by atoms with Crippen LogP contribution in [0.3, 0.4) is 0 Å². The van der Waals surface area contributed by atoms with Crippen LogP contribution < -0.4 is 9.47 Å². The Hall–Kier alpha value is -2.32. The highest BCUT2D eigenvalue weighted by molar-refractivity contribution is 9.10. The van der Waals surface area contributed by atoms with E-state index in [4.69, 9.17) is 9.47 Å². The molecule has 0 bridgehead atoms. The summed E-state index contributed by atoms with van der Waals surface area (Å²) in [5.41, 5.74) is 1.09. The predicted molar refractivity (Wildman–Crippen MR) is 110 cm³/mol. The second-order valence-corrected chi connectivity index (χ2v) is 7.69. The third kappa shape index (κ3) is 4.23. The molecule has 1 aliphatic rings. The number of hydrogen-bond donors (Lipinski definition) is 0. The predicted octanol–water partition coefficient (Wildman–Crippen LogP) is 5.23. The van der Waals surface area contributed by atoms with Gasteiger partial charge in [-0.2, -0.15) is 0 Å². The third-order valence-corrected chi connectivity index (χ3v) is 5.57. The van der Waals surface area contributed by atoms with Gasteiger partial charge in [0, 0.05) is 12.1 Å². The molecule has 1 saturated heterocycles. The van der Waals surface area contributed by atoms with Crippen LogP contribution in [0, 0.1) is 5.82 Å². The Morgan fingerprint density at radius 3 is 2.64 bits per heavy atom. The van der Waals surface area contributed by atoms with E-state index in [1.165, 1.54) is 18.1 Å². The van der Waals surface area contributed by atoms with Crippen molar-refractivity contribution in [2.75, 3.05) is 13.7 Å². The van der Waals surface area contributed by atoms with E-state index in [1.54, 1.807) is 43.3 Å². The van der Waals surface area contributed by atoms with Crippen LogP contribution in [0.25, 0.3) is 6.08 Å². The van der Waals surface area contributed by atoms with Gasteiger partial charge in [0.2, 0.25) is 0 Å². The molecule has 146 valence electrons. The van der Waals surface area contributed by atoms with Crippen molar-refractivity contribution < 1.29 is 23.5 Å². The average molecular weight is 466 g/mol. The summed E-state index contributed by atoms with van der Waals surface area (Å²) in [6.07, 6.45) is 1.63. The van der Waals surface area contributed by atoms with Crippen LogP contribution in [0.4, 0.5) is 9.18 Å². The van der Waals surface area contributed by atoms with Crippen LogP contribution in [-0.4, -0.2) is 29.7 Å². The van der Waals surface area contributed by atoms with Gasteiger partial charge in [-0.15, -0.1) is 0 Å². The van der Waals surface area contributed by atoms with Crippen molar-refractivity contribution in [1.29, 1.82) is 0 Å². The highest BCUT2D eigenvalue weighted by Crippen LogP contribution is 2.39. The SMILES string of the molecule is CCN1C(=O)S/C(=C\c2cc(Br)c(OCc3ccccc3F)c(OC)c2)C1=O. The van der Waals surface area contributed by atoms with Gasteiger partial charge in [0.25, 0.3) is 11.1 Å². The van der Waals surface area contributed by atoms with Gasteiger partial charge in [-0.1, -0.05) is 18.2 Å². The number of amides is 2. The Kier molecular flexibility index (Phi) is 6.41. The van der Waals surface area contributed by atoms with Gasteiger partial charge in [0.1, 0.15) is 12.4 Å². The van der Waals surface area contributed by atoms with Crippen molar-refractivity contribution in [2.45, 2.75) is 13.5 Å². The first-order valence-corrected chi connectivity index (χ1v) is 10.0. The van der Waals surface area contributed by atoms with E-state index in [1.807, 2.05) is 0 Å². The summed E-state index contributed by atoms with van der Waals surface area (Å²) < 4.78 is 25.5. The minimum atomic E-state index is -0.346. The second kappa shape index (κ2) is 8.79. The summed E-state index contributed by atoms with van der Waals surface area (Å²) in [5.74, 6) is 0.185. The molecule has 2 amide bonds. The number of carbonyl (C=O) groups excluding carboxylic acids is 2. The fraction of sp³-hybridized carbons (Fsp3) is 0.200. The molecular weight excluding hydrogens is 449 g/mol. The van der Waals surface area contributed by atoms with E-state index >= 15 is 0 Å². The van der Waals surface area contributed by atoms with Gasteiger partial charge in [-0.05, 0) is 64.5 Å². The van der Waals surface area contributed by atoms with Gasteiger partial charge >= 0.3 is 0 Å². The summed E-state index contributed by atoms with van der Waals surface area (Å²) in [7, 11) is 1.49. The topological polar surface area (TPSA) is 55.8 Å². The average Bonchev–Trinajstić information content (AvgIpc) is 2.94. The zero-order chi connectivity index (χ0) is 20.3. The van der Waals surface area contributed by atoms with Crippen molar-refractivity contribution in [2.24, 2.45) is 0 Å². The van der Waals surface area contributed by atoms with E-state index in [0.29, 0.717) is 38.5 Å². The standard InChI is InChI=1S/C20H17BrFNO4S/c1-3-23-19(24)17(28-20(23)25)10-12-8-14(21)18(16(9-12)26-2)27-11-13-6-4-5-7-15(13)22/h4-10H,3,11H2,1-2H3/b17-10-. The first-order valence-electron chi connectivity index (χ1n) is 8.43. The number of likely N-dealkylation sites (N-methyl/N-ethyl adjacent to an activating group) is 1. The van der Waals surface area contributed by atoms with E-state index < -0.39 is 0 Å². The third-order valence-electron chi connectivity index (χ3n) is 4.07. The lowest BCUT2D eigenvalue weighted by Gasteiger charge is -2.14. The van der Waals surface area contributed by atoms with Gasteiger partial charge in [-0.3, -0.25) is 14.5 Å². The summed E-state index contributed by atoms with van der Waals surface area (Å²) in [5, 5.41) is -0.283. The fourth-order valence-electron chi connectivity index (χ4n) is 2.65. The minimum Gasteiger partial charge on any atom is -0.493 e. The number of imide groups is 1. The zero-order valence-corrected chi connectivity index (χ0v) is 17.6. The number of ether oxygens (including phenoxy) is 2. The monoisotopic (exact) mass is 465 g/mol. The van der Waals surface area contributed by atoms with Gasteiger partial charge in [0.05, 0.1) is 16.5 Å². The molecule has 0 N–H and O–H groups in total. The number of benzene rings is 2. The molecule has 0 spiro atoms. The van der Waals surface area contributed by atoms with Crippen LogP contribution in [0.2, 0.25) is 0 Å². The number of rotatable bonds is 6. The maximum absolute atomic E-state index is 13.8. The molecule has 0 aliphatic carbocycles. The van der Waals surface area contributed by atoms with Crippen molar-refractivity contribution in [1.82, 2.24) is 4.90 Å². The van der Waals surface area contributed by atoms with Crippen LogP contribution in [-0.2, 0) is 11.4 Å². The molecular formula is C20H17BrFNO4S. The van der Waals surface area contributed by atoms with Crippen molar-refractivity contribution in [3.63, 3.8) is 0 Å². The molecule has 3 rings (SSSR count). The molecule has 5 nitrogen and oxygen atoms in total.